The number of aromatic nitrogens is 2. The van der Waals surface area contributed by atoms with Gasteiger partial charge < -0.3 is 20.1 Å². The SMILES string of the molecule is CCCOc1ncnc(N2CCC(COC)CC2)c1N. The monoisotopic (exact) mass is 280 g/mol. The second-order valence-electron chi connectivity index (χ2n) is 5.15. The Kier molecular flexibility index (Phi) is 5.40. The topological polar surface area (TPSA) is 73.5 Å². The zero-order valence-electron chi connectivity index (χ0n) is 12.3. The van der Waals surface area contributed by atoms with Gasteiger partial charge in [0.05, 0.1) is 6.61 Å². The summed E-state index contributed by atoms with van der Waals surface area (Å²) in [6, 6.07) is 0. The van der Waals surface area contributed by atoms with Crippen LogP contribution in [0.2, 0.25) is 0 Å². The lowest BCUT2D eigenvalue weighted by Crippen LogP contribution is -2.36. The summed E-state index contributed by atoms with van der Waals surface area (Å²) in [5.74, 6) is 1.92. The summed E-state index contributed by atoms with van der Waals surface area (Å²) in [7, 11) is 1.76. The Hall–Kier alpha value is -1.56. The molecule has 0 atom stereocenters. The van der Waals surface area contributed by atoms with Gasteiger partial charge in [0.25, 0.3) is 0 Å². The number of hydrogen-bond donors (Lipinski definition) is 1. The van der Waals surface area contributed by atoms with E-state index in [-0.39, 0.29) is 0 Å². The molecule has 0 bridgehead atoms. The van der Waals surface area contributed by atoms with Gasteiger partial charge >= 0.3 is 0 Å². The summed E-state index contributed by atoms with van der Waals surface area (Å²) in [4.78, 5) is 10.6. The molecule has 2 rings (SSSR count). The number of anilines is 2. The number of nitrogen functional groups attached to an aromatic ring is 1. The Morgan fingerprint density at radius 1 is 1.35 bits per heavy atom. The van der Waals surface area contributed by atoms with Crippen LogP contribution in [0.4, 0.5) is 11.5 Å². The summed E-state index contributed by atoms with van der Waals surface area (Å²) in [5.41, 5.74) is 6.68. The van der Waals surface area contributed by atoms with Gasteiger partial charge in [0.1, 0.15) is 12.0 Å². The van der Waals surface area contributed by atoms with Crippen LogP contribution in [-0.2, 0) is 4.74 Å². The van der Waals surface area contributed by atoms with Crippen LogP contribution in [0, 0.1) is 5.92 Å². The third-order valence-electron chi connectivity index (χ3n) is 3.59. The minimum atomic E-state index is 0.496. The second-order valence-corrected chi connectivity index (χ2v) is 5.15. The molecule has 1 fully saturated rings. The lowest BCUT2D eigenvalue weighted by molar-refractivity contribution is 0.139. The van der Waals surface area contributed by atoms with Gasteiger partial charge in [-0.2, -0.15) is 4.98 Å². The predicted molar refractivity (Wildman–Crippen MR) is 79.0 cm³/mol. The average molecular weight is 280 g/mol. The largest absolute Gasteiger partial charge is 0.476 e. The van der Waals surface area contributed by atoms with E-state index in [1.807, 2.05) is 0 Å². The molecule has 0 radical (unpaired) electrons. The number of piperidine rings is 1. The van der Waals surface area contributed by atoms with Gasteiger partial charge in [-0.05, 0) is 25.2 Å². The quantitative estimate of drug-likeness (QED) is 0.855. The van der Waals surface area contributed by atoms with Crippen molar-refractivity contribution in [2.75, 3.05) is 44.0 Å². The van der Waals surface area contributed by atoms with E-state index in [1.165, 1.54) is 6.33 Å². The smallest absolute Gasteiger partial charge is 0.242 e. The van der Waals surface area contributed by atoms with Crippen molar-refractivity contribution in [1.82, 2.24) is 9.97 Å². The van der Waals surface area contributed by atoms with Crippen LogP contribution in [0.15, 0.2) is 6.33 Å². The van der Waals surface area contributed by atoms with Gasteiger partial charge in [0, 0.05) is 26.8 Å². The maximum Gasteiger partial charge on any atom is 0.242 e. The summed E-state index contributed by atoms with van der Waals surface area (Å²) in [5, 5.41) is 0. The summed E-state index contributed by atoms with van der Waals surface area (Å²) in [6.07, 6.45) is 4.66. The molecule has 0 aromatic carbocycles. The molecule has 1 aromatic heterocycles. The van der Waals surface area contributed by atoms with Crippen LogP contribution in [0.1, 0.15) is 26.2 Å². The molecule has 6 heteroatoms. The molecule has 1 aliphatic heterocycles. The fourth-order valence-corrected chi connectivity index (χ4v) is 2.48. The maximum atomic E-state index is 6.13. The van der Waals surface area contributed by atoms with E-state index in [0.717, 1.165) is 44.8 Å². The van der Waals surface area contributed by atoms with E-state index >= 15 is 0 Å². The highest BCUT2D eigenvalue weighted by Crippen LogP contribution is 2.30. The van der Waals surface area contributed by atoms with Gasteiger partial charge in [-0.3, -0.25) is 0 Å². The number of nitrogens with two attached hydrogens (primary N) is 1. The first-order chi connectivity index (χ1) is 9.76. The van der Waals surface area contributed by atoms with Crippen molar-refractivity contribution >= 4 is 11.5 Å². The number of methoxy groups -OCH3 is 1. The Labute approximate surface area is 120 Å². The van der Waals surface area contributed by atoms with E-state index in [2.05, 4.69) is 21.8 Å². The lowest BCUT2D eigenvalue weighted by Gasteiger charge is -2.33. The molecule has 112 valence electrons. The van der Waals surface area contributed by atoms with Crippen LogP contribution in [-0.4, -0.2) is 43.4 Å². The molecule has 0 unspecified atom stereocenters. The zero-order valence-corrected chi connectivity index (χ0v) is 12.3. The van der Waals surface area contributed by atoms with Crippen molar-refractivity contribution in [3.8, 4) is 5.88 Å². The maximum absolute atomic E-state index is 6.13. The van der Waals surface area contributed by atoms with E-state index in [4.69, 9.17) is 15.2 Å². The molecule has 2 N–H and O–H groups in total. The Morgan fingerprint density at radius 3 is 2.75 bits per heavy atom. The van der Waals surface area contributed by atoms with Crippen molar-refractivity contribution in [1.29, 1.82) is 0 Å². The molecular formula is C14H24N4O2. The number of rotatable bonds is 6. The Balaban J connectivity index is 2.02. The molecule has 2 heterocycles. The second kappa shape index (κ2) is 7.28. The number of ether oxygens (including phenoxy) is 2. The Bertz CT molecular complexity index is 420. The molecule has 20 heavy (non-hydrogen) atoms. The molecule has 0 saturated carbocycles. The zero-order chi connectivity index (χ0) is 14.4. The Morgan fingerprint density at radius 2 is 2.10 bits per heavy atom. The highest BCUT2D eigenvalue weighted by atomic mass is 16.5. The van der Waals surface area contributed by atoms with E-state index in [1.54, 1.807) is 7.11 Å². The first-order valence-electron chi connectivity index (χ1n) is 7.23. The highest BCUT2D eigenvalue weighted by molar-refractivity contribution is 5.67. The molecule has 0 aliphatic carbocycles. The third kappa shape index (κ3) is 3.50. The van der Waals surface area contributed by atoms with E-state index in [0.29, 0.717) is 24.1 Å². The highest BCUT2D eigenvalue weighted by Gasteiger charge is 2.22. The van der Waals surface area contributed by atoms with Crippen molar-refractivity contribution in [3.05, 3.63) is 6.33 Å². The van der Waals surface area contributed by atoms with Crippen LogP contribution in [0.5, 0.6) is 5.88 Å². The average Bonchev–Trinajstić information content (AvgIpc) is 2.48. The molecule has 0 amide bonds. The minimum absolute atomic E-state index is 0.496. The minimum Gasteiger partial charge on any atom is -0.476 e. The first kappa shape index (κ1) is 14.8. The van der Waals surface area contributed by atoms with Crippen LogP contribution in [0.25, 0.3) is 0 Å². The number of nitrogens with zero attached hydrogens (tertiary/aromatic N) is 3. The first-order valence-corrected chi connectivity index (χ1v) is 7.23. The van der Waals surface area contributed by atoms with Gasteiger partial charge in [0.2, 0.25) is 5.88 Å². The van der Waals surface area contributed by atoms with E-state index in [9.17, 15) is 0 Å². The standard InChI is InChI=1S/C14H24N4O2/c1-3-8-20-14-12(15)13(16-10-17-14)18-6-4-11(5-7-18)9-19-2/h10-11H,3-9,15H2,1-2H3. The van der Waals surface area contributed by atoms with Crippen molar-refractivity contribution in [3.63, 3.8) is 0 Å². The third-order valence-corrected chi connectivity index (χ3v) is 3.59. The van der Waals surface area contributed by atoms with Crippen LogP contribution < -0.4 is 15.4 Å². The van der Waals surface area contributed by atoms with Crippen molar-refractivity contribution < 1.29 is 9.47 Å². The van der Waals surface area contributed by atoms with Crippen LogP contribution >= 0.6 is 0 Å². The molecule has 6 nitrogen and oxygen atoms in total. The molecule has 1 aromatic rings. The van der Waals surface area contributed by atoms with Gasteiger partial charge in [-0.25, -0.2) is 4.98 Å². The lowest BCUT2D eigenvalue weighted by atomic mass is 9.98. The van der Waals surface area contributed by atoms with Gasteiger partial charge in [-0.1, -0.05) is 6.92 Å². The summed E-state index contributed by atoms with van der Waals surface area (Å²) in [6.45, 7) is 5.40. The fraction of sp³-hybridized carbons (Fsp3) is 0.714. The predicted octanol–water partition coefficient (Wildman–Crippen LogP) is 1.71. The van der Waals surface area contributed by atoms with Gasteiger partial charge in [0.15, 0.2) is 5.82 Å². The van der Waals surface area contributed by atoms with Crippen LogP contribution in [0.3, 0.4) is 0 Å². The van der Waals surface area contributed by atoms with Crippen molar-refractivity contribution in [2.24, 2.45) is 5.92 Å². The molecular weight excluding hydrogens is 256 g/mol. The number of hydrogen-bond acceptors (Lipinski definition) is 6. The normalized spacial score (nSPS) is 16.4. The molecule has 1 saturated heterocycles. The molecule has 0 spiro atoms. The van der Waals surface area contributed by atoms with E-state index < -0.39 is 0 Å². The summed E-state index contributed by atoms with van der Waals surface area (Å²) < 4.78 is 10.8. The fourth-order valence-electron chi connectivity index (χ4n) is 2.48. The molecule has 1 aliphatic rings. The summed E-state index contributed by atoms with van der Waals surface area (Å²) >= 11 is 0. The van der Waals surface area contributed by atoms with Gasteiger partial charge in [-0.15, -0.1) is 0 Å². The van der Waals surface area contributed by atoms with Crippen molar-refractivity contribution in [2.45, 2.75) is 26.2 Å².